The first kappa shape index (κ1) is 18.1. The van der Waals surface area contributed by atoms with Gasteiger partial charge in [-0.25, -0.2) is 18.2 Å². The molecule has 0 N–H and O–H groups in total. The molecule has 0 aliphatic heterocycles. The molecule has 0 saturated carbocycles. The average Bonchev–Trinajstić information content (AvgIpc) is 3.03. The van der Waals surface area contributed by atoms with E-state index in [1.807, 2.05) is 37.3 Å². The lowest BCUT2D eigenvalue weighted by molar-refractivity contribution is 0.542. The Hall–Kier alpha value is -3.28. The number of nitrogens with zero attached hydrogens (tertiary/aromatic N) is 3. The molecule has 0 atom stereocenters. The van der Waals surface area contributed by atoms with Crippen LogP contribution in [0.5, 0.6) is 0 Å². The van der Waals surface area contributed by atoms with Gasteiger partial charge in [0.25, 0.3) is 5.56 Å². The Balaban J connectivity index is 2.03. The van der Waals surface area contributed by atoms with E-state index in [9.17, 15) is 13.6 Å². The van der Waals surface area contributed by atoms with E-state index in [1.54, 1.807) is 18.4 Å². The van der Waals surface area contributed by atoms with Gasteiger partial charge in [-0.2, -0.15) is 0 Å². The molecule has 142 valence electrons. The minimum absolute atomic E-state index is 0.0559. The van der Waals surface area contributed by atoms with E-state index in [0.717, 1.165) is 5.56 Å². The van der Waals surface area contributed by atoms with Crippen molar-refractivity contribution in [2.75, 3.05) is 0 Å². The highest BCUT2D eigenvalue weighted by Gasteiger charge is 2.20. The molecule has 4 nitrogen and oxygen atoms in total. The van der Waals surface area contributed by atoms with Crippen molar-refractivity contribution < 1.29 is 8.78 Å². The standard InChI is InChI=1S/C22H19F2N3O/c1-13-14(2)26(12-17-18(23)10-7-11-19(17)24)22-25-20(15(3)27(22)21(13)28)16-8-5-4-6-9-16/h4-11H,12H2,1-3H3. The van der Waals surface area contributed by atoms with E-state index in [2.05, 4.69) is 4.98 Å². The minimum atomic E-state index is -0.625. The Morgan fingerprint density at radius 2 is 1.54 bits per heavy atom. The van der Waals surface area contributed by atoms with E-state index in [1.165, 1.54) is 22.6 Å². The maximum Gasteiger partial charge on any atom is 0.262 e. The van der Waals surface area contributed by atoms with Crippen LogP contribution in [0.2, 0.25) is 0 Å². The minimum Gasteiger partial charge on any atom is -0.311 e. The molecular weight excluding hydrogens is 360 g/mol. The van der Waals surface area contributed by atoms with E-state index >= 15 is 0 Å². The molecule has 0 amide bonds. The second-order valence-electron chi connectivity index (χ2n) is 6.85. The molecule has 2 aromatic heterocycles. The molecule has 2 heterocycles. The summed E-state index contributed by atoms with van der Waals surface area (Å²) in [4.78, 5) is 17.6. The van der Waals surface area contributed by atoms with E-state index < -0.39 is 11.6 Å². The summed E-state index contributed by atoms with van der Waals surface area (Å²) >= 11 is 0. The predicted octanol–water partition coefficient (Wildman–Crippen LogP) is 4.41. The van der Waals surface area contributed by atoms with Crippen LogP contribution in [-0.2, 0) is 6.54 Å². The van der Waals surface area contributed by atoms with Crippen LogP contribution < -0.4 is 5.56 Å². The molecule has 0 aliphatic carbocycles. The van der Waals surface area contributed by atoms with Crippen molar-refractivity contribution in [1.82, 2.24) is 14.0 Å². The first-order chi connectivity index (χ1) is 13.4. The molecule has 0 fully saturated rings. The number of aryl methyl sites for hydroxylation is 1. The first-order valence-electron chi connectivity index (χ1n) is 8.97. The van der Waals surface area contributed by atoms with Crippen LogP contribution in [0.3, 0.4) is 0 Å². The van der Waals surface area contributed by atoms with Crippen molar-refractivity contribution in [1.29, 1.82) is 0 Å². The predicted molar refractivity (Wildman–Crippen MR) is 105 cm³/mol. The topological polar surface area (TPSA) is 39.3 Å². The summed E-state index contributed by atoms with van der Waals surface area (Å²) in [6.45, 7) is 5.25. The largest absolute Gasteiger partial charge is 0.311 e. The van der Waals surface area contributed by atoms with Crippen LogP contribution in [0.15, 0.2) is 53.3 Å². The summed E-state index contributed by atoms with van der Waals surface area (Å²) in [5.41, 5.74) is 3.15. The van der Waals surface area contributed by atoms with Gasteiger partial charge in [0.15, 0.2) is 0 Å². The van der Waals surface area contributed by atoms with Gasteiger partial charge in [0.05, 0.1) is 17.9 Å². The highest BCUT2D eigenvalue weighted by atomic mass is 19.1. The number of halogens is 2. The normalized spacial score (nSPS) is 11.3. The molecular formula is C22H19F2N3O. The van der Waals surface area contributed by atoms with Crippen molar-refractivity contribution in [2.24, 2.45) is 0 Å². The van der Waals surface area contributed by atoms with Gasteiger partial charge < -0.3 is 4.57 Å². The molecule has 0 saturated heterocycles. The molecule has 0 bridgehead atoms. The van der Waals surface area contributed by atoms with Gasteiger partial charge >= 0.3 is 0 Å². The Bertz CT molecular complexity index is 1240. The lowest BCUT2D eigenvalue weighted by atomic mass is 10.1. The summed E-state index contributed by atoms with van der Waals surface area (Å²) < 4.78 is 31.7. The molecule has 2 aromatic carbocycles. The van der Waals surface area contributed by atoms with Crippen LogP contribution >= 0.6 is 0 Å². The van der Waals surface area contributed by atoms with Crippen molar-refractivity contribution in [3.8, 4) is 11.3 Å². The van der Waals surface area contributed by atoms with Crippen LogP contribution in [0.25, 0.3) is 17.0 Å². The zero-order valence-electron chi connectivity index (χ0n) is 15.8. The number of hydrogen-bond acceptors (Lipinski definition) is 2. The molecule has 0 unspecified atom stereocenters. The number of hydrogen-bond donors (Lipinski definition) is 0. The zero-order chi connectivity index (χ0) is 20.0. The number of aromatic nitrogens is 3. The van der Waals surface area contributed by atoms with Gasteiger partial charge in [-0.15, -0.1) is 0 Å². The molecule has 6 heteroatoms. The van der Waals surface area contributed by atoms with Gasteiger partial charge in [0.1, 0.15) is 11.6 Å². The third-order valence-corrected chi connectivity index (χ3v) is 5.23. The Morgan fingerprint density at radius 3 is 2.18 bits per heavy atom. The van der Waals surface area contributed by atoms with E-state index in [4.69, 9.17) is 0 Å². The van der Waals surface area contributed by atoms with Crippen molar-refractivity contribution in [3.63, 3.8) is 0 Å². The Morgan fingerprint density at radius 1 is 0.893 bits per heavy atom. The molecule has 28 heavy (non-hydrogen) atoms. The number of rotatable bonds is 3. The molecule has 0 radical (unpaired) electrons. The SMILES string of the molecule is Cc1c(C)n(Cc2c(F)cccc2F)c2nc(-c3ccccc3)c(C)n2c1=O. The van der Waals surface area contributed by atoms with E-state index in [-0.39, 0.29) is 17.7 Å². The van der Waals surface area contributed by atoms with Gasteiger partial charge in [-0.05, 0) is 32.9 Å². The summed E-state index contributed by atoms with van der Waals surface area (Å²) in [6, 6.07) is 13.3. The second kappa shape index (κ2) is 6.71. The Kier molecular flexibility index (Phi) is 4.34. The van der Waals surface area contributed by atoms with Crippen LogP contribution in [0, 0.1) is 32.4 Å². The smallest absolute Gasteiger partial charge is 0.262 e. The van der Waals surface area contributed by atoms with Crippen molar-refractivity contribution >= 4 is 5.78 Å². The highest BCUT2D eigenvalue weighted by molar-refractivity contribution is 5.65. The van der Waals surface area contributed by atoms with Crippen LogP contribution in [-0.4, -0.2) is 14.0 Å². The summed E-state index contributed by atoms with van der Waals surface area (Å²) in [5, 5.41) is 0. The quantitative estimate of drug-likeness (QED) is 0.529. The lowest BCUT2D eigenvalue weighted by Crippen LogP contribution is -2.24. The van der Waals surface area contributed by atoms with Gasteiger partial charge in [0, 0.05) is 22.4 Å². The highest BCUT2D eigenvalue weighted by Crippen LogP contribution is 2.25. The summed E-state index contributed by atoms with van der Waals surface area (Å²) in [7, 11) is 0. The molecule has 0 spiro atoms. The monoisotopic (exact) mass is 379 g/mol. The fraction of sp³-hybridized carbons (Fsp3) is 0.182. The zero-order valence-corrected chi connectivity index (χ0v) is 15.8. The number of benzene rings is 2. The third-order valence-electron chi connectivity index (χ3n) is 5.23. The van der Waals surface area contributed by atoms with Gasteiger partial charge in [-0.1, -0.05) is 36.4 Å². The van der Waals surface area contributed by atoms with E-state index in [0.29, 0.717) is 28.4 Å². The van der Waals surface area contributed by atoms with Crippen LogP contribution in [0.1, 0.15) is 22.5 Å². The maximum atomic E-state index is 14.3. The molecule has 4 aromatic rings. The molecule has 0 aliphatic rings. The summed E-state index contributed by atoms with van der Waals surface area (Å²) in [5.74, 6) is -0.881. The fourth-order valence-electron chi connectivity index (χ4n) is 3.49. The van der Waals surface area contributed by atoms with Crippen molar-refractivity contribution in [2.45, 2.75) is 27.3 Å². The maximum absolute atomic E-state index is 14.3. The molecule has 4 rings (SSSR count). The number of fused-ring (bicyclic) bond motifs is 1. The number of imidazole rings is 1. The van der Waals surface area contributed by atoms with Gasteiger partial charge in [0.2, 0.25) is 5.78 Å². The average molecular weight is 379 g/mol. The summed E-state index contributed by atoms with van der Waals surface area (Å²) in [6.07, 6.45) is 0. The lowest BCUT2D eigenvalue weighted by Gasteiger charge is -2.15. The fourth-order valence-corrected chi connectivity index (χ4v) is 3.49. The first-order valence-corrected chi connectivity index (χ1v) is 8.97. The van der Waals surface area contributed by atoms with Crippen molar-refractivity contribution in [3.05, 3.63) is 93.0 Å². The third kappa shape index (κ3) is 2.72. The Labute approximate surface area is 160 Å². The van der Waals surface area contributed by atoms with Crippen LogP contribution in [0.4, 0.5) is 8.78 Å². The second-order valence-corrected chi connectivity index (χ2v) is 6.85. The van der Waals surface area contributed by atoms with Gasteiger partial charge in [-0.3, -0.25) is 4.79 Å².